The van der Waals surface area contributed by atoms with Crippen LogP contribution in [-0.2, 0) is 26.0 Å². The molecule has 0 spiro atoms. The summed E-state index contributed by atoms with van der Waals surface area (Å²) in [7, 11) is -3.88. The number of hydrogen-bond donors (Lipinski definition) is 1. The third-order valence-corrected chi connectivity index (χ3v) is 6.15. The van der Waals surface area contributed by atoms with E-state index in [0.717, 1.165) is 0 Å². The third kappa shape index (κ3) is 3.77. The molecule has 0 radical (unpaired) electrons. The highest BCUT2D eigenvalue weighted by molar-refractivity contribution is 7.89. The van der Waals surface area contributed by atoms with Gasteiger partial charge in [-0.3, -0.25) is 4.79 Å². The number of halogens is 1. The molecular weight excluding hydrogens is 361 g/mol. The van der Waals surface area contributed by atoms with Gasteiger partial charge in [0.1, 0.15) is 5.82 Å². The topological polar surface area (TPSA) is 83.9 Å². The lowest BCUT2D eigenvalue weighted by atomic mass is 10.1. The monoisotopic (exact) mass is 379 g/mol. The molecular formula is C18H18FNO5S. The van der Waals surface area contributed by atoms with Crippen molar-refractivity contribution in [2.45, 2.75) is 17.4 Å². The Kier molecular flexibility index (Phi) is 5.36. The maximum Gasteiger partial charge on any atom is 0.307 e. The molecule has 0 saturated carbocycles. The van der Waals surface area contributed by atoms with Crippen LogP contribution in [-0.4, -0.2) is 43.6 Å². The summed E-state index contributed by atoms with van der Waals surface area (Å²) >= 11 is 0. The van der Waals surface area contributed by atoms with Crippen LogP contribution < -0.4 is 0 Å². The van der Waals surface area contributed by atoms with Gasteiger partial charge in [0.15, 0.2) is 0 Å². The molecule has 26 heavy (non-hydrogen) atoms. The summed E-state index contributed by atoms with van der Waals surface area (Å²) in [6, 6.07) is 11.0. The highest BCUT2D eigenvalue weighted by Gasteiger charge is 2.36. The molecule has 1 saturated heterocycles. The number of carbonyl (C=O) groups is 1. The second-order valence-electron chi connectivity index (χ2n) is 5.94. The summed E-state index contributed by atoms with van der Waals surface area (Å²) in [5, 5.41) is 8.81. The molecule has 3 rings (SSSR count). The van der Waals surface area contributed by atoms with E-state index in [9.17, 15) is 17.6 Å². The Morgan fingerprint density at radius 1 is 1.19 bits per heavy atom. The molecule has 2 aromatic carbocycles. The first-order valence-electron chi connectivity index (χ1n) is 8.04. The van der Waals surface area contributed by atoms with Crippen LogP contribution in [0.25, 0.3) is 0 Å². The van der Waals surface area contributed by atoms with Gasteiger partial charge in [-0.2, -0.15) is 4.31 Å². The van der Waals surface area contributed by atoms with E-state index in [1.54, 1.807) is 18.2 Å². The molecule has 1 atom stereocenters. The van der Waals surface area contributed by atoms with Gasteiger partial charge in [0, 0.05) is 12.1 Å². The number of carboxylic acids is 1. The Labute approximate surface area is 150 Å². The van der Waals surface area contributed by atoms with Crippen molar-refractivity contribution >= 4 is 16.0 Å². The van der Waals surface area contributed by atoms with Crippen LogP contribution in [0.2, 0.25) is 0 Å². The number of aliphatic carboxylic acids is 1. The number of sulfonamides is 1. The average Bonchev–Trinajstić information content (AvgIpc) is 2.62. The van der Waals surface area contributed by atoms with Crippen molar-refractivity contribution in [3.63, 3.8) is 0 Å². The lowest BCUT2D eigenvalue weighted by molar-refractivity contribution is -0.136. The van der Waals surface area contributed by atoms with Crippen LogP contribution in [0.3, 0.4) is 0 Å². The van der Waals surface area contributed by atoms with Gasteiger partial charge in [0.05, 0.1) is 30.6 Å². The third-order valence-electron chi connectivity index (χ3n) is 4.23. The fourth-order valence-corrected chi connectivity index (χ4v) is 4.53. The average molecular weight is 379 g/mol. The first-order chi connectivity index (χ1) is 12.4. The smallest absolute Gasteiger partial charge is 0.307 e. The number of carboxylic acid groups (broad SMARTS) is 1. The molecule has 1 unspecified atom stereocenters. The van der Waals surface area contributed by atoms with Gasteiger partial charge in [-0.1, -0.05) is 30.3 Å². The predicted molar refractivity (Wildman–Crippen MR) is 91.6 cm³/mol. The molecule has 1 N–H and O–H groups in total. The molecule has 0 aromatic heterocycles. The molecule has 138 valence electrons. The van der Waals surface area contributed by atoms with Crippen LogP contribution in [0.5, 0.6) is 0 Å². The molecule has 2 aromatic rings. The summed E-state index contributed by atoms with van der Waals surface area (Å²) in [4.78, 5) is 10.8. The maximum atomic E-state index is 14.2. The molecule has 0 bridgehead atoms. The van der Waals surface area contributed by atoms with Crippen LogP contribution in [0.1, 0.15) is 17.2 Å². The summed E-state index contributed by atoms with van der Waals surface area (Å²) in [6.07, 6.45) is -0.185. The number of hydrogen-bond acceptors (Lipinski definition) is 4. The SMILES string of the molecule is O=C(O)Cc1ccc(S(=O)(=O)N2CCOCC2c2ccccc2F)cc1. The predicted octanol–water partition coefficient (Wildman–Crippen LogP) is 2.21. The van der Waals surface area contributed by atoms with Gasteiger partial charge >= 0.3 is 5.97 Å². The van der Waals surface area contributed by atoms with Crippen LogP contribution in [0.15, 0.2) is 53.4 Å². The Balaban J connectivity index is 1.93. The fraction of sp³-hybridized carbons (Fsp3) is 0.278. The largest absolute Gasteiger partial charge is 0.481 e. The van der Waals surface area contributed by atoms with Gasteiger partial charge in [0.25, 0.3) is 0 Å². The molecule has 1 heterocycles. The molecule has 0 amide bonds. The standard InChI is InChI=1S/C18H18FNO5S/c19-16-4-2-1-3-15(16)17-12-25-10-9-20(17)26(23,24)14-7-5-13(6-8-14)11-18(21)22/h1-8,17H,9-12H2,(H,21,22). The Morgan fingerprint density at radius 2 is 1.88 bits per heavy atom. The van der Waals surface area contributed by atoms with E-state index in [2.05, 4.69) is 0 Å². The van der Waals surface area contributed by atoms with Crippen molar-refractivity contribution in [1.29, 1.82) is 0 Å². The van der Waals surface area contributed by atoms with Crippen LogP contribution in [0.4, 0.5) is 4.39 Å². The Hall–Kier alpha value is -2.29. The number of nitrogens with zero attached hydrogens (tertiary/aromatic N) is 1. The number of benzene rings is 2. The molecule has 1 aliphatic heterocycles. The zero-order valence-electron chi connectivity index (χ0n) is 13.8. The van der Waals surface area contributed by atoms with Crippen molar-refractivity contribution in [1.82, 2.24) is 4.31 Å². The molecule has 0 aliphatic carbocycles. The van der Waals surface area contributed by atoms with Crippen molar-refractivity contribution in [3.8, 4) is 0 Å². The van der Waals surface area contributed by atoms with Crippen molar-refractivity contribution in [2.75, 3.05) is 19.8 Å². The summed E-state index contributed by atoms with van der Waals surface area (Å²) in [6.45, 7) is 0.400. The lowest BCUT2D eigenvalue weighted by Gasteiger charge is -2.35. The van der Waals surface area contributed by atoms with Crippen molar-refractivity contribution < 1.29 is 27.4 Å². The number of morpholine rings is 1. The Morgan fingerprint density at radius 3 is 2.54 bits per heavy atom. The summed E-state index contributed by atoms with van der Waals surface area (Å²) < 4.78 is 46.9. The highest BCUT2D eigenvalue weighted by Crippen LogP contribution is 2.31. The zero-order valence-corrected chi connectivity index (χ0v) is 14.7. The van der Waals surface area contributed by atoms with Gasteiger partial charge in [-0.15, -0.1) is 0 Å². The van der Waals surface area contributed by atoms with Crippen molar-refractivity contribution in [3.05, 3.63) is 65.5 Å². The summed E-state index contributed by atoms with van der Waals surface area (Å²) in [5.74, 6) is -1.48. The van der Waals surface area contributed by atoms with E-state index in [4.69, 9.17) is 9.84 Å². The summed E-state index contributed by atoms with van der Waals surface area (Å²) in [5.41, 5.74) is 0.766. The van der Waals surface area contributed by atoms with E-state index >= 15 is 0 Å². The lowest BCUT2D eigenvalue weighted by Crippen LogP contribution is -2.43. The fourth-order valence-electron chi connectivity index (χ4n) is 2.96. The van der Waals surface area contributed by atoms with Gasteiger partial charge in [-0.25, -0.2) is 12.8 Å². The van der Waals surface area contributed by atoms with E-state index in [-0.39, 0.29) is 36.6 Å². The first kappa shape index (κ1) is 18.5. The molecule has 8 heteroatoms. The van der Waals surface area contributed by atoms with E-state index in [0.29, 0.717) is 5.56 Å². The molecule has 1 fully saturated rings. The number of rotatable bonds is 5. The number of ether oxygens (including phenoxy) is 1. The minimum atomic E-state index is -3.88. The highest BCUT2D eigenvalue weighted by atomic mass is 32.2. The molecule has 1 aliphatic rings. The minimum Gasteiger partial charge on any atom is -0.481 e. The van der Waals surface area contributed by atoms with Gasteiger partial charge in [0.2, 0.25) is 10.0 Å². The Bertz CT molecular complexity index is 898. The maximum absolute atomic E-state index is 14.2. The second-order valence-corrected chi connectivity index (χ2v) is 7.83. The first-order valence-corrected chi connectivity index (χ1v) is 9.48. The van der Waals surface area contributed by atoms with E-state index in [1.165, 1.54) is 34.6 Å². The normalized spacial score (nSPS) is 18.6. The van der Waals surface area contributed by atoms with Gasteiger partial charge in [-0.05, 0) is 23.8 Å². The van der Waals surface area contributed by atoms with Crippen LogP contribution >= 0.6 is 0 Å². The van der Waals surface area contributed by atoms with Crippen molar-refractivity contribution in [2.24, 2.45) is 0 Å². The van der Waals surface area contributed by atoms with E-state index in [1.807, 2.05) is 0 Å². The minimum absolute atomic E-state index is 0.0369. The molecule has 6 nitrogen and oxygen atoms in total. The quantitative estimate of drug-likeness (QED) is 0.861. The zero-order chi connectivity index (χ0) is 18.7. The van der Waals surface area contributed by atoms with Gasteiger partial charge < -0.3 is 9.84 Å². The van der Waals surface area contributed by atoms with Crippen LogP contribution in [0, 0.1) is 5.82 Å². The second kappa shape index (κ2) is 7.53. The van der Waals surface area contributed by atoms with E-state index < -0.39 is 27.9 Å².